The molecular weight excluding hydrogens is 267 g/mol. The first kappa shape index (κ1) is 13.6. The molecule has 0 atom stereocenters. The second-order valence-electron chi connectivity index (χ2n) is 5.11. The van der Waals surface area contributed by atoms with E-state index in [4.69, 9.17) is 4.74 Å². The van der Waals surface area contributed by atoms with Gasteiger partial charge in [0.25, 0.3) is 0 Å². The minimum atomic E-state index is -0.291. The lowest BCUT2D eigenvalue weighted by Crippen LogP contribution is -2.01. The summed E-state index contributed by atoms with van der Waals surface area (Å²) < 4.78 is 18.2. The van der Waals surface area contributed by atoms with E-state index in [1.807, 2.05) is 31.2 Å². The van der Waals surface area contributed by atoms with E-state index in [0.717, 1.165) is 22.3 Å². The first-order valence-electron chi connectivity index (χ1n) is 6.88. The number of halogens is 1. The molecule has 21 heavy (non-hydrogen) atoms. The predicted molar refractivity (Wildman–Crippen MR) is 79.2 cm³/mol. The van der Waals surface area contributed by atoms with Gasteiger partial charge < -0.3 is 4.74 Å². The van der Waals surface area contributed by atoms with Crippen LogP contribution in [-0.2, 0) is 9.53 Å². The van der Waals surface area contributed by atoms with Crippen LogP contribution in [0.4, 0.5) is 4.39 Å². The van der Waals surface area contributed by atoms with Crippen LogP contribution in [0, 0.1) is 12.7 Å². The quantitative estimate of drug-likeness (QED) is 0.617. The molecule has 0 unspecified atom stereocenters. The Labute approximate surface area is 122 Å². The van der Waals surface area contributed by atoms with E-state index in [1.165, 1.54) is 12.1 Å². The van der Waals surface area contributed by atoms with Crippen molar-refractivity contribution in [3.8, 4) is 0 Å². The maximum absolute atomic E-state index is 13.2. The molecule has 0 amide bonds. The molecule has 2 aromatic rings. The van der Waals surface area contributed by atoms with Crippen LogP contribution in [0.1, 0.15) is 23.1 Å². The summed E-state index contributed by atoms with van der Waals surface area (Å²) >= 11 is 0. The molecule has 0 radical (unpaired) electrons. The molecule has 2 aromatic carbocycles. The fourth-order valence-corrected chi connectivity index (χ4v) is 2.51. The largest absolute Gasteiger partial charge is 0.462 e. The van der Waals surface area contributed by atoms with Gasteiger partial charge >= 0.3 is 5.97 Å². The van der Waals surface area contributed by atoms with Gasteiger partial charge in [-0.1, -0.05) is 42.0 Å². The van der Waals surface area contributed by atoms with Gasteiger partial charge in [0.2, 0.25) is 0 Å². The minimum Gasteiger partial charge on any atom is -0.462 e. The Morgan fingerprint density at radius 3 is 2.10 bits per heavy atom. The van der Waals surface area contributed by atoms with E-state index in [-0.39, 0.29) is 11.8 Å². The first-order chi connectivity index (χ1) is 10.1. The van der Waals surface area contributed by atoms with Crippen LogP contribution in [-0.4, -0.2) is 12.6 Å². The monoisotopic (exact) mass is 282 g/mol. The zero-order valence-corrected chi connectivity index (χ0v) is 11.7. The Balaban J connectivity index is 2.18. The fourth-order valence-electron chi connectivity index (χ4n) is 2.51. The lowest BCUT2D eigenvalue weighted by Gasteiger charge is -2.11. The summed E-state index contributed by atoms with van der Waals surface area (Å²) in [7, 11) is 0. The standard InChI is InChI=1S/C18H15FO2/c1-12-2-4-13(5-3-12)17(16-10-11-21-18(16)20)14-6-8-15(19)9-7-14/h2-9H,10-11H2,1H3/b17-16-. The summed E-state index contributed by atoms with van der Waals surface area (Å²) in [5, 5.41) is 0. The van der Waals surface area contributed by atoms with E-state index in [2.05, 4.69) is 0 Å². The lowest BCUT2D eigenvalue weighted by molar-refractivity contribution is -0.135. The predicted octanol–water partition coefficient (Wildman–Crippen LogP) is 3.88. The van der Waals surface area contributed by atoms with Gasteiger partial charge in [-0.05, 0) is 35.8 Å². The van der Waals surface area contributed by atoms with Crippen molar-refractivity contribution < 1.29 is 13.9 Å². The Bertz CT molecular complexity index is 650. The van der Waals surface area contributed by atoms with Gasteiger partial charge in [-0.2, -0.15) is 0 Å². The van der Waals surface area contributed by atoms with E-state index in [1.54, 1.807) is 12.1 Å². The highest BCUT2D eigenvalue weighted by Gasteiger charge is 2.24. The van der Waals surface area contributed by atoms with Crippen molar-refractivity contribution in [3.63, 3.8) is 0 Å². The van der Waals surface area contributed by atoms with Gasteiger partial charge in [0.15, 0.2) is 0 Å². The van der Waals surface area contributed by atoms with Gasteiger partial charge in [0.1, 0.15) is 5.82 Å². The van der Waals surface area contributed by atoms with Crippen molar-refractivity contribution in [1.29, 1.82) is 0 Å². The number of hydrogen-bond donors (Lipinski definition) is 0. The molecule has 3 rings (SSSR count). The Morgan fingerprint density at radius 1 is 1.00 bits per heavy atom. The number of carbonyl (C=O) groups is 1. The van der Waals surface area contributed by atoms with Crippen molar-refractivity contribution in [2.45, 2.75) is 13.3 Å². The number of aryl methyl sites for hydroxylation is 1. The Morgan fingerprint density at radius 2 is 1.57 bits per heavy atom. The Kier molecular flexibility index (Phi) is 3.57. The molecule has 1 saturated heterocycles. The number of ether oxygens (including phenoxy) is 1. The summed E-state index contributed by atoms with van der Waals surface area (Å²) in [5.41, 5.74) is 4.41. The van der Waals surface area contributed by atoms with E-state index in [0.29, 0.717) is 18.6 Å². The van der Waals surface area contributed by atoms with Crippen LogP contribution in [0.5, 0.6) is 0 Å². The zero-order chi connectivity index (χ0) is 14.8. The average Bonchev–Trinajstić information content (AvgIpc) is 2.90. The number of cyclic esters (lactones) is 1. The molecule has 106 valence electrons. The molecule has 0 bridgehead atoms. The van der Waals surface area contributed by atoms with Crippen molar-refractivity contribution in [2.75, 3.05) is 6.61 Å². The molecule has 0 aliphatic carbocycles. The topological polar surface area (TPSA) is 26.3 Å². The van der Waals surface area contributed by atoms with Crippen molar-refractivity contribution in [3.05, 3.63) is 76.6 Å². The number of hydrogen-bond acceptors (Lipinski definition) is 2. The fraction of sp³-hybridized carbons (Fsp3) is 0.167. The minimum absolute atomic E-state index is 0.283. The molecule has 1 heterocycles. The van der Waals surface area contributed by atoms with Crippen LogP contribution >= 0.6 is 0 Å². The van der Waals surface area contributed by atoms with Gasteiger partial charge in [0.05, 0.1) is 6.61 Å². The van der Waals surface area contributed by atoms with Gasteiger partial charge in [-0.25, -0.2) is 9.18 Å². The first-order valence-corrected chi connectivity index (χ1v) is 6.88. The summed E-state index contributed by atoms with van der Waals surface area (Å²) in [6.45, 7) is 2.42. The number of rotatable bonds is 2. The normalized spacial score (nSPS) is 16.8. The third-order valence-corrected chi connectivity index (χ3v) is 3.61. The number of esters is 1. The summed E-state index contributed by atoms with van der Waals surface area (Å²) in [4.78, 5) is 11.9. The maximum Gasteiger partial charge on any atom is 0.334 e. The third-order valence-electron chi connectivity index (χ3n) is 3.61. The molecule has 1 fully saturated rings. The van der Waals surface area contributed by atoms with Crippen molar-refractivity contribution in [1.82, 2.24) is 0 Å². The van der Waals surface area contributed by atoms with E-state index >= 15 is 0 Å². The highest BCUT2D eigenvalue weighted by Crippen LogP contribution is 2.31. The van der Waals surface area contributed by atoms with Gasteiger partial charge in [0, 0.05) is 12.0 Å². The molecule has 1 aliphatic heterocycles. The second-order valence-corrected chi connectivity index (χ2v) is 5.11. The Hall–Kier alpha value is -2.42. The molecule has 2 nitrogen and oxygen atoms in total. The average molecular weight is 282 g/mol. The highest BCUT2D eigenvalue weighted by atomic mass is 19.1. The van der Waals surface area contributed by atoms with Crippen LogP contribution in [0.15, 0.2) is 54.1 Å². The van der Waals surface area contributed by atoms with Gasteiger partial charge in [-0.15, -0.1) is 0 Å². The van der Waals surface area contributed by atoms with Crippen LogP contribution in [0.25, 0.3) is 5.57 Å². The number of benzene rings is 2. The third kappa shape index (κ3) is 2.72. The van der Waals surface area contributed by atoms with Crippen LogP contribution < -0.4 is 0 Å². The van der Waals surface area contributed by atoms with E-state index in [9.17, 15) is 9.18 Å². The van der Waals surface area contributed by atoms with E-state index < -0.39 is 0 Å². The molecule has 1 aliphatic rings. The molecule has 3 heteroatoms. The van der Waals surface area contributed by atoms with Crippen molar-refractivity contribution >= 4 is 11.5 Å². The molecule has 0 aromatic heterocycles. The number of carbonyl (C=O) groups excluding carboxylic acids is 1. The lowest BCUT2D eigenvalue weighted by atomic mass is 9.92. The smallest absolute Gasteiger partial charge is 0.334 e. The summed E-state index contributed by atoms with van der Waals surface area (Å²) in [6.07, 6.45) is 0.583. The molecular formula is C18H15FO2. The molecule has 0 N–H and O–H groups in total. The molecule has 0 spiro atoms. The highest BCUT2D eigenvalue weighted by molar-refractivity contribution is 6.03. The summed E-state index contributed by atoms with van der Waals surface area (Å²) in [5.74, 6) is -0.573. The van der Waals surface area contributed by atoms with Crippen molar-refractivity contribution in [2.24, 2.45) is 0 Å². The van der Waals surface area contributed by atoms with Crippen LogP contribution in [0.2, 0.25) is 0 Å². The maximum atomic E-state index is 13.2. The van der Waals surface area contributed by atoms with Gasteiger partial charge in [-0.3, -0.25) is 0 Å². The second kappa shape index (κ2) is 5.52. The zero-order valence-electron chi connectivity index (χ0n) is 11.7. The van der Waals surface area contributed by atoms with Crippen LogP contribution in [0.3, 0.4) is 0 Å². The summed E-state index contributed by atoms with van der Waals surface area (Å²) in [6, 6.07) is 14.2. The molecule has 0 saturated carbocycles. The SMILES string of the molecule is Cc1ccc(/C(=C2\CCOC2=O)c2ccc(F)cc2)cc1.